The van der Waals surface area contributed by atoms with Gasteiger partial charge < -0.3 is 14.6 Å². The summed E-state index contributed by atoms with van der Waals surface area (Å²) in [6, 6.07) is 10.9. The molecule has 2 heterocycles. The molecule has 0 bridgehead atoms. The lowest BCUT2D eigenvalue weighted by molar-refractivity contribution is 0.00578. The van der Waals surface area contributed by atoms with E-state index in [-0.39, 0.29) is 5.91 Å². The van der Waals surface area contributed by atoms with E-state index in [4.69, 9.17) is 9.31 Å². The molecule has 0 atom stereocenters. The van der Waals surface area contributed by atoms with Crippen molar-refractivity contribution in [3.63, 3.8) is 0 Å². The predicted octanol–water partition coefficient (Wildman–Crippen LogP) is 2.63. The topological polar surface area (TPSA) is 60.5 Å². The molecule has 1 N–H and O–H groups in total. The highest BCUT2D eigenvalue weighted by Crippen LogP contribution is 2.36. The van der Waals surface area contributed by atoms with Crippen molar-refractivity contribution in [3.8, 4) is 0 Å². The molecule has 3 rings (SSSR count). The minimum Gasteiger partial charge on any atom is -0.399 e. The molecule has 0 aliphatic carbocycles. The Hall–Kier alpha value is -2.18. The summed E-state index contributed by atoms with van der Waals surface area (Å²) in [4.78, 5) is 16.5. The third kappa shape index (κ3) is 3.07. The first-order valence-corrected chi connectivity index (χ1v) is 7.96. The van der Waals surface area contributed by atoms with E-state index >= 15 is 0 Å². The van der Waals surface area contributed by atoms with Gasteiger partial charge in [0.1, 0.15) is 0 Å². The molecule has 0 spiro atoms. The van der Waals surface area contributed by atoms with Crippen molar-refractivity contribution in [2.45, 2.75) is 38.9 Å². The predicted molar refractivity (Wildman–Crippen MR) is 94.3 cm³/mol. The van der Waals surface area contributed by atoms with Crippen LogP contribution in [0.4, 0.5) is 5.69 Å². The maximum absolute atomic E-state index is 12.4. The lowest BCUT2D eigenvalue weighted by atomic mass is 9.78. The second-order valence-corrected chi connectivity index (χ2v) is 6.87. The first kappa shape index (κ1) is 16.7. The molecule has 1 aliphatic rings. The highest BCUT2D eigenvalue weighted by Gasteiger charge is 2.52. The van der Waals surface area contributed by atoms with E-state index in [1.54, 1.807) is 24.5 Å². The molecule has 124 valence electrons. The molecule has 1 aliphatic heterocycles. The van der Waals surface area contributed by atoms with Crippen LogP contribution in [0.1, 0.15) is 38.1 Å². The maximum Gasteiger partial charge on any atom is 0.497 e. The number of nitrogens with zero attached hydrogens (tertiary/aromatic N) is 1. The highest BCUT2D eigenvalue weighted by atomic mass is 16.7. The Kier molecular flexibility index (Phi) is 4.19. The summed E-state index contributed by atoms with van der Waals surface area (Å²) in [5.41, 5.74) is 1.04. The van der Waals surface area contributed by atoms with Crippen molar-refractivity contribution < 1.29 is 14.1 Å². The molecular formula is C18H21BN2O3. The SMILES string of the molecule is CC1(C)OB(c2ccncc2NC(=O)c2ccccc2)OC1(C)C. The van der Waals surface area contributed by atoms with E-state index < -0.39 is 18.3 Å². The number of carbonyl (C=O) groups is 1. The number of rotatable bonds is 3. The lowest BCUT2D eigenvalue weighted by Crippen LogP contribution is -2.41. The monoisotopic (exact) mass is 324 g/mol. The number of carbonyl (C=O) groups excluding carboxylic acids is 1. The fourth-order valence-electron chi connectivity index (χ4n) is 2.47. The van der Waals surface area contributed by atoms with Gasteiger partial charge in [-0.1, -0.05) is 18.2 Å². The van der Waals surface area contributed by atoms with Crippen LogP contribution >= 0.6 is 0 Å². The van der Waals surface area contributed by atoms with Crippen molar-refractivity contribution in [2.24, 2.45) is 0 Å². The molecular weight excluding hydrogens is 303 g/mol. The number of aromatic nitrogens is 1. The molecule has 2 aromatic rings. The van der Waals surface area contributed by atoms with Crippen LogP contribution in [0, 0.1) is 0 Å². The van der Waals surface area contributed by atoms with Crippen LogP contribution in [0.2, 0.25) is 0 Å². The van der Waals surface area contributed by atoms with Crippen molar-refractivity contribution in [1.29, 1.82) is 0 Å². The average molecular weight is 324 g/mol. The van der Waals surface area contributed by atoms with Crippen LogP contribution in [0.25, 0.3) is 0 Å². The van der Waals surface area contributed by atoms with E-state index in [9.17, 15) is 4.79 Å². The fourth-order valence-corrected chi connectivity index (χ4v) is 2.47. The number of pyridine rings is 1. The van der Waals surface area contributed by atoms with Gasteiger partial charge in [-0.15, -0.1) is 0 Å². The summed E-state index contributed by atoms with van der Waals surface area (Å²) in [6.07, 6.45) is 3.28. The largest absolute Gasteiger partial charge is 0.497 e. The van der Waals surface area contributed by atoms with E-state index in [2.05, 4.69) is 10.3 Å². The Morgan fingerprint density at radius 1 is 1.04 bits per heavy atom. The second-order valence-electron chi connectivity index (χ2n) is 6.87. The van der Waals surface area contributed by atoms with Crippen molar-refractivity contribution in [3.05, 3.63) is 54.4 Å². The summed E-state index contributed by atoms with van der Waals surface area (Å²) in [6.45, 7) is 7.99. The third-order valence-corrected chi connectivity index (χ3v) is 4.65. The fraction of sp³-hybridized carbons (Fsp3) is 0.333. The quantitative estimate of drug-likeness (QED) is 0.882. The standard InChI is InChI=1S/C18H21BN2O3/c1-17(2)18(3,4)24-19(23-17)14-10-11-20-12-15(14)21-16(22)13-8-6-5-7-9-13/h5-12H,1-4H3,(H,21,22). The van der Waals surface area contributed by atoms with Gasteiger partial charge in [-0.3, -0.25) is 9.78 Å². The Bertz CT molecular complexity index is 731. The Morgan fingerprint density at radius 2 is 1.67 bits per heavy atom. The van der Waals surface area contributed by atoms with E-state index in [1.165, 1.54) is 0 Å². The van der Waals surface area contributed by atoms with E-state index in [0.717, 1.165) is 5.46 Å². The molecule has 1 saturated heterocycles. The first-order valence-electron chi connectivity index (χ1n) is 7.96. The molecule has 0 saturated carbocycles. The Morgan fingerprint density at radius 3 is 2.29 bits per heavy atom. The van der Waals surface area contributed by atoms with Crippen molar-refractivity contribution in [1.82, 2.24) is 4.98 Å². The molecule has 1 aromatic heterocycles. The molecule has 6 heteroatoms. The van der Waals surface area contributed by atoms with Crippen LogP contribution in [-0.4, -0.2) is 29.2 Å². The van der Waals surface area contributed by atoms with Gasteiger partial charge in [-0.25, -0.2) is 0 Å². The van der Waals surface area contributed by atoms with Crippen LogP contribution in [-0.2, 0) is 9.31 Å². The number of nitrogens with one attached hydrogen (secondary N) is 1. The smallest absolute Gasteiger partial charge is 0.399 e. The van der Waals surface area contributed by atoms with Gasteiger partial charge in [0.25, 0.3) is 5.91 Å². The van der Waals surface area contributed by atoms with Gasteiger partial charge in [-0.05, 0) is 45.9 Å². The Labute approximate surface area is 142 Å². The van der Waals surface area contributed by atoms with Gasteiger partial charge in [0.05, 0.1) is 23.1 Å². The summed E-state index contributed by atoms with van der Waals surface area (Å²) < 4.78 is 12.2. The van der Waals surface area contributed by atoms with Crippen molar-refractivity contribution in [2.75, 3.05) is 5.32 Å². The molecule has 0 unspecified atom stereocenters. The zero-order chi connectivity index (χ0) is 17.4. The molecule has 24 heavy (non-hydrogen) atoms. The van der Waals surface area contributed by atoms with Crippen molar-refractivity contribution >= 4 is 24.2 Å². The van der Waals surface area contributed by atoms with Crippen LogP contribution < -0.4 is 10.8 Å². The summed E-state index contributed by atoms with van der Waals surface area (Å²) in [7, 11) is -0.552. The summed E-state index contributed by atoms with van der Waals surface area (Å²) in [5.74, 6) is -0.193. The first-order chi connectivity index (χ1) is 11.3. The normalized spacial score (nSPS) is 18.4. The van der Waals surface area contributed by atoms with Gasteiger partial charge in [0, 0.05) is 17.2 Å². The molecule has 5 nitrogen and oxygen atoms in total. The van der Waals surface area contributed by atoms with Gasteiger partial charge in [0.2, 0.25) is 0 Å². The van der Waals surface area contributed by atoms with Crippen LogP contribution in [0.3, 0.4) is 0 Å². The molecule has 1 aromatic carbocycles. The molecule has 0 radical (unpaired) electrons. The van der Waals surface area contributed by atoms with Gasteiger partial charge >= 0.3 is 7.12 Å². The number of anilines is 1. The third-order valence-electron chi connectivity index (χ3n) is 4.65. The van der Waals surface area contributed by atoms with E-state index in [1.807, 2.05) is 52.0 Å². The average Bonchev–Trinajstić information content (AvgIpc) is 2.76. The number of hydrogen-bond donors (Lipinski definition) is 1. The Balaban J connectivity index is 1.86. The summed E-state index contributed by atoms with van der Waals surface area (Å²) >= 11 is 0. The molecule has 1 fully saturated rings. The minimum absolute atomic E-state index is 0.193. The lowest BCUT2D eigenvalue weighted by Gasteiger charge is -2.32. The molecule has 1 amide bonds. The van der Waals surface area contributed by atoms with Gasteiger partial charge in [-0.2, -0.15) is 0 Å². The highest BCUT2D eigenvalue weighted by molar-refractivity contribution is 6.64. The summed E-state index contributed by atoms with van der Waals surface area (Å²) in [5, 5.41) is 2.90. The number of amides is 1. The van der Waals surface area contributed by atoms with E-state index in [0.29, 0.717) is 11.3 Å². The van der Waals surface area contributed by atoms with Gasteiger partial charge in [0.15, 0.2) is 0 Å². The van der Waals surface area contributed by atoms with Crippen LogP contribution in [0.5, 0.6) is 0 Å². The zero-order valence-corrected chi connectivity index (χ0v) is 14.4. The zero-order valence-electron chi connectivity index (χ0n) is 14.4. The minimum atomic E-state index is -0.552. The number of hydrogen-bond acceptors (Lipinski definition) is 4. The second kappa shape index (κ2) is 6.04. The van der Waals surface area contributed by atoms with Crippen LogP contribution in [0.15, 0.2) is 48.8 Å². The maximum atomic E-state index is 12.4. The number of benzene rings is 1.